The number of hydrogen-bond acceptors (Lipinski definition) is 3. The van der Waals surface area contributed by atoms with Gasteiger partial charge in [0.15, 0.2) is 0 Å². The van der Waals surface area contributed by atoms with Gasteiger partial charge in [-0.1, -0.05) is 6.07 Å². The molecule has 21 heavy (non-hydrogen) atoms. The Hall–Kier alpha value is -1.62. The molecular weight excluding hydrogens is 292 g/mol. The van der Waals surface area contributed by atoms with Crippen LogP contribution in [0.5, 0.6) is 0 Å². The first-order valence-corrected chi connectivity index (χ1v) is 7.59. The zero-order valence-corrected chi connectivity index (χ0v) is 12.7. The molecule has 0 spiro atoms. The average molecular weight is 311 g/mol. The van der Waals surface area contributed by atoms with Gasteiger partial charge in [0.25, 0.3) is 11.6 Å². The van der Waals surface area contributed by atoms with E-state index in [1.807, 2.05) is 0 Å². The van der Waals surface area contributed by atoms with Crippen LogP contribution in [0.1, 0.15) is 41.6 Å². The van der Waals surface area contributed by atoms with Crippen LogP contribution in [0, 0.1) is 23.0 Å². The molecule has 5 nitrogen and oxygen atoms in total. The lowest BCUT2D eigenvalue weighted by molar-refractivity contribution is -0.385. The topological polar surface area (TPSA) is 72.2 Å². The second-order valence-electron chi connectivity index (χ2n) is 5.53. The van der Waals surface area contributed by atoms with Crippen LogP contribution in [0.4, 0.5) is 5.69 Å². The molecule has 1 fully saturated rings. The summed E-state index contributed by atoms with van der Waals surface area (Å²) in [6.45, 7) is 2.20. The molecule has 0 aliphatic heterocycles. The molecule has 0 bridgehead atoms. The molecule has 0 aromatic heterocycles. The lowest BCUT2D eigenvalue weighted by Gasteiger charge is -2.25. The van der Waals surface area contributed by atoms with E-state index in [4.69, 9.17) is 11.6 Å². The molecule has 0 unspecified atom stereocenters. The Kier molecular flexibility index (Phi) is 5.17. The highest BCUT2D eigenvalue weighted by atomic mass is 35.5. The van der Waals surface area contributed by atoms with Crippen LogP contribution in [0.25, 0.3) is 0 Å². The van der Waals surface area contributed by atoms with Crippen molar-refractivity contribution in [3.05, 3.63) is 39.4 Å². The minimum atomic E-state index is -0.464. The largest absolute Gasteiger partial charge is 0.352 e. The Morgan fingerprint density at radius 3 is 2.67 bits per heavy atom. The number of halogens is 1. The summed E-state index contributed by atoms with van der Waals surface area (Å²) in [5.41, 5.74) is 0.755. The Labute approximate surface area is 128 Å². The number of hydrogen-bond donors (Lipinski definition) is 1. The fourth-order valence-electron chi connectivity index (χ4n) is 2.73. The van der Waals surface area contributed by atoms with Crippen molar-refractivity contribution in [1.29, 1.82) is 0 Å². The maximum atomic E-state index is 12.2. The van der Waals surface area contributed by atoms with Crippen molar-refractivity contribution in [3.8, 4) is 0 Å². The monoisotopic (exact) mass is 310 g/mol. The van der Waals surface area contributed by atoms with Crippen LogP contribution in [0.2, 0.25) is 0 Å². The Morgan fingerprint density at radius 1 is 1.38 bits per heavy atom. The van der Waals surface area contributed by atoms with E-state index in [2.05, 4.69) is 5.32 Å². The molecule has 0 heterocycles. The number of alkyl halides is 1. The molecule has 1 aromatic rings. The molecular formula is C15H19ClN2O3. The van der Waals surface area contributed by atoms with E-state index in [1.165, 1.54) is 6.07 Å². The van der Waals surface area contributed by atoms with Gasteiger partial charge in [-0.25, -0.2) is 0 Å². The highest BCUT2D eigenvalue weighted by Crippen LogP contribution is 2.27. The van der Waals surface area contributed by atoms with E-state index in [-0.39, 0.29) is 17.0 Å². The first-order valence-electron chi connectivity index (χ1n) is 7.15. The summed E-state index contributed by atoms with van der Waals surface area (Å²) in [6, 6.07) is 4.57. The molecule has 114 valence electrons. The van der Waals surface area contributed by atoms with Crippen LogP contribution >= 0.6 is 11.6 Å². The van der Waals surface area contributed by atoms with Gasteiger partial charge in [0.1, 0.15) is 0 Å². The fourth-order valence-corrected chi connectivity index (χ4v) is 2.98. The van der Waals surface area contributed by atoms with E-state index in [1.54, 1.807) is 19.1 Å². The zero-order valence-electron chi connectivity index (χ0n) is 12.0. The first kappa shape index (κ1) is 15.8. The fraction of sp³-hybridized carbons (Fsp3) is 0.533. The second-order valence-corrected chi connectivity index (χ2v) is 6.15. The lowest BCUT2D eigenvalue weighted by Crippen LogP contribution is -2.31. The summed E-state index contributed by atoms with van der Waals surface area (Å²) in [5, 5.41) is 14.0. The van der Waals surface area contributed by atoms with Crippen molar-refractivity contribution < 1.29 is 9.72 Å². The van der Waals surface area contributed by atoms with E-state index in [0.717, 1.165) is 25.7 Å². The summed E-state index contributed by atoms with van der Waals surface area (Å²) < 4.78 is 0. The minimum Gasteiger partial charge on any atom is -0.352 e. The second kappa shape index (κ2) is 6.89. The van der Waals surface area contributed by atoms with Gasteiger partial charge in [0.2, 0.25) is 0 Å². The zero-order chi connectivity index (χ0) is 15.4. The number of carbonyl (C=O) groups is 1. The molecule has 1 amide bonds. The van der Waals surface area contributed by atoms with Crippen LogP contribution in [-0.4, -0.2) is 22.8 Å². The third-order valence-corrected chi connectivity index (χ3v) is 4.51. The van der Waals surface area contributed by atoms with Crippen LogP contribution < -0.4 is 5.32 Å². The Morgan fingerprint density at radius 2 is 2.05 bits per heavy atom. The molecule has 2 rings (SSSR count). The number of rotatable bonds is 4. The van der Waals surface area contributed by atoms with Crippen LogP contribution in [0.3, 0.4) is 0 Å². The van der Waals surface area contributed by atoms with Crippen molar-refractivity contribution in [3.63, 3.8) is 0 Å². The summed E-state index contributed by atoms with van der Waals surface area (Å²) in [5.74, 6) is 0.201. The van der Waals surface area contributed by atoms with Gasteiger partial charge in [0, 0.05) is 29.1 Å². The highest BCUT2D eigenvalue weighted by Gasteiger charge is 2.21. The summed E-state index contributed by atoms with van der Waals surface area (Å²) in [7, 11) is 0. The van der Waals surface area contributed by atoms with Gasteiger partial charge >= 0.3 is 0 Å². The van der Waals surface area contributed by atoms with Crippen molar-refractivity contribution in [2.24, 2.45) is 5.92 Å². The van der Waals surface area contributed by atoms with E-state index in [0.29, 0.717) is 23.6 Å². The molecule has 1 aromatic carbocycles. The van der Waals surface area contributed by atoms with Crippen molar-refractivity contribution in [2.45, 2.75) is 38.0 Å². The first-order chi connectivity index (χ1) is 9.99. The average Bonchev–Trinajstić information content (AvgIpc) is 2.46. The third-order valence-electron chi connectivity index (χ3n) is 4.07. The standard InChI is InChI=1S/C15H19ClN2O3/c1-10-13(3-2-4-14(10)18(20)21)15(19)17-9-11-5-7-12(16)8-6-11/h2-4,11-12H,5-9H2,1H3,(H,17,19). The maximum absolute atomic E-state index is 12.2. The summed E-state index contributed by atoms with van der Waals surface area (Å²) in [6.07, 6.45) is 4.00. The van der Waals surface area contributed by atoms with Crippen LogP contribution in [-0.2, 0) is 0 Å². The molecule has 1 saturated carbocycles. The number of carbonyl (C=O) groups excluding carboxylic acids is 1. The minimum absolute atomic E-state index is 0.0229. The van der Waals surface area contributed by atoms with E-state index < -0.39 is 4.92 Å². The predicted octanol–water partition coefficient (Wildman–Crippen LogP) is 3.43. The smallest absolute Gasteiger partial charge is 0.273 e. The number of nitrogens with one attached hydrogen (secondary N) is 1. The lowest BCUT2D eigenvalue weighted by atomic mass is 9.89. The van der Waals surface area contributed by atoms with Crippen molar-refractivity contribution >= 4 is 23.2 Å². The van der Waals surface area contributed by atoms with E-state index >= 15 is 0 Å². The molecule has 1 aliphatic rings. The highest BCUT2D eigenvalue weighted by molar-refractivity contribution is 6.20. The number of nitro benzene ring substituents is 1. The molecule has 0 atom stereocenters. The predicted molar refractivity (Wildman–Crippen MR) is 81.8 cm³/mol. The number of benzene rings is 1. The van der Waals surface area contributed by atoms with Gasteiger partial charge < -0.3 is 5.32 Å². The molecule has 6 heteroatoms. The normalized spacial score (nSPS) is 21.8. The summed E-state index contributed by atoms with van der Waals surface area (Å²) in [4.78, 5) is 22.6. The van der Waals surface area contributed by atoms with Gasteiger partial charge in [0.05, 0.1) is 4.92 Å². The molecule has 1 aliphatic carbocycles. The summed E-state index contributed by atoms with van der Waals surface area (Å²) >= 11 is 6.06. The number of nitro groups is 1. The third kappa shape index (κ3) is 3.94. The molecule has 0 saturated heterocycles. The SMILES string of the molecule is Cc1c(C(=O)NCC2CCC(Cl)CC2)cccc1[N+](=O)[O-]. The van der Waals surface area contributed by atoms with Crippen molar-refractivity contribution in [1.82, 2.24) is 5.32 Å². The van der Waals surface area contributed by atoms with Gasteiger partial charge in [-0.05, 0) is 44.6 Å². The van der Waals surface area contributed by atoms with Gasteiger partial charge in [-0.3, -0.25) is 14.9 Å². The number of amides is 1. The van der Waals surface area contributed by atoms with Crippen molar-refractivity contribution in [2.75, 3.05) is 6.54 Å². The number of nitrogens with zero attached hydrogens (tertiary/aromatic N) is 1. The molecule has 1 N–H and O–H groups in total. The van der Waals surface area contributed by atoms with Crippen LogP contribution in [0.15, 0.2) is 18.2 Å². The molecule has 0 radical (unpaired) electrons. The Balaban J connectivity index is 1.97. The quantitative estimate of drug-likeness (QED) is 0.526. The Bertz CT molecular complexity index is 540. The van der Waals surface area contributed by atoms with Gasteiger partial charge in [-0.15, -0.1) is 11.6 Å². The van der Waals surface area contributed by atoms with Gasteiger partial charge in [-0.2, -0.15) is 0 Å². The maximum Gasteiger partial charge on any atom is 0.273 e. The van der Waals surface area contributed by atoms with E-state index in [9.17, 15) is 14.9 Å².